The second kappa shape index (κ2) is 3.98. The van der Waals surface area contributed by atoms with Gasteiger partial charge in [-0.25, -0.2) is 4.98 Å². The average molecular weight is 195 g/mol. The second-order valence-electron chi connectivity index (χ2n) is 3.09. The molecule has 3 nitrogen and oxygen atoms in total. The molecule has 13 heavy (non-hydrogen) atoms. The van der Waals surface area contributed by atoms with Gasteiger partial charge in [-0.3, -0.25) is 0 Å². The van der Waals surface area contributed by atoms with Crippen LogP contribution in [0.25, 0.3) is 0 Å². The number of aromatic nitrogens is 1. The van der Waals surface area contributed by atoms with Crippen LogP contribution >= 0.6 is 12.6 Å². The van der Waals surface area contributed by atoms with Gasteiger partial charge in [-0.05, 0) is 12.1 Å². The van der Waals surface area contributed by atoms with E-state index in [1.807, 2.05) is 18.2 Å². The number of anilines is 1. The lowest BCUT2D eigenvalue weighted by molar-refractivity contribution is 0.584. The summed E-state index contributed by atoms with van der Waals surface area (Å²) in [4.78, 5) is 6.63. The van der Waals surface area contributed by atoms with Crippen LogP contribution in [0.2, 0.25) is 0 Å². The zero-order chi connectivity index (χ0) is 9.10. The van der Waals surface area contributed by atoms with E-state index in [2.05, 4.69) is 27.8 Å². The van der Waals surface area contributed by atoms with Crippen molar-refractivity contribution in [1.29, 1.82) is 0 Å². The van der Waals surface area contributed by atoms with Crippen molar-refractivity contribution in [3.63, 3.8) is 0 Å². The Morgan fingerprint density at radius 1 is 1.31 bits per heavy atom. The van der Waals surface area contributed by atoms with Crippen LogP contribution in [0.5, 0.6) is 0 Å². The molecule has 2 heterocycles. The fraction of sp³-hybridized carbons (Fsp3) is 0.444. The van der Waals surface area contributed by atoms with Gasteiger partial charge in [0.15, 0.2) is 0 Å². The molecule has 70 valence electrons. The van der Waals surface area contributed by atoms with Crippen LogP contribution in [0.4, 0.5) is 5.82 Å². The van der Waals surface area contributed by atoms with E-state index in [0.717, 1.165) is 37.0 Å². The molecular formula is C9H13N3S. The molecule has 1 aromatic heterocycles. The molecule has 0 amide bonds. The first-order chi connectivity index (χ1) is 6.36. The monoisotopic (exact) mass is 195 g/mol. The predicted octanol–water partition coefficient (Wildman–Crippen LogP) is 0.780. The van der Waals surface area contributed by atoms with Gasteiger partial charge in [-0.15, -0.1) is 12.6 Å². The molecule has 1 aliphatic heterocycles. The number of nitrogens with one attached hydrogen (secondary N) is 1. The number of hydrogen-bond donors (Lipinski definition) is 2. The first-order valence-electron chi connectivity index (χ1n) is 4.48. The molecule has 0 atom stereocenters. The largest absolute Gasteiger partial charge is 0.354 e. The minimum absolute atomic E-state index is 0.788. The molecule has 0 bridgehead atoms. The lowest BCUT2D eigenvalue weighted by Gasteiger charge is -2.28. The van der Waals surface area contributed by atoms with E-state index < -0.39 is 0 Å². The fourth-order valence-electron chi connectivity index (χ4n) is 1.48. The van der Waals surface area contributed by atoms with E-state index in [-0.39, 0.29) is 0 Å². The Labute approximate surface area is 83.6 Å². The molecule has 0 aliphatic carbocycles. The summed E-state index contributed by atoms with van der Waals surface area (Å²) in [7, 11) is 0. The molecule has 0 saturated carbocycles. The number of hydrogen-bond acceptors (Lipinski definition) is 4. The van der Waals surface area contributed by atoms with Gasteiger partial charge in [0.2, 0.25) is 0 Å². The summed E-state index contributed by atoms with van der Waals surface area (Å²) in [6.45, 7) is 4.14. The molecule has 2 rings (SSSR count). The molecular weight excluding hydrogens is 182 g/mol. The highest BCUT2D eigenvalue weighted by Gasteiger charge is 2.10. The lowest BCUT2D eigenvalue weighted by Crippen LogP contribution is -2.43. The van der Waals surface area contributed by atoms with Crippen molar-refractivity contribution in [3.05, 3.63) is 18.2 Å². The molecule has 1 N–H and O–H groups in total. The average Bonchev–Trinajstić information content (AvgIpc) is 2.19. The number of pyridine rings is 1. The Hall–Kier alpha value is -0.740. The molecule has 0 spiro atoms. The minimum Gasteiger partial charge on any atom is -0.354 e. The molecule has 1 aliphatic rings. The standard InChI is InChI=1S/C9H13N3S/c13-9-3-1-2-8(11-9)12-6-4-10-5-7-12/h1-3,10H,4-7H2,(H,11,13). The van der Waals surface area contributed by atoms with E-state index in [4.69, 9.17) is 0 Å². The van der Waals surface area contributed by atoms with Crippen LogP contribution in [0.3, 0.4) is 0 Å². The maximum absolute atomic E-state index is 4.36. The first-order valence-corrected chi connectivity index (χ1v) is 4.93. The van der Waals surface area contributed by atoms with Crippen LogP contribution in [-0.4, -0.2) is 31.2 Å². The molecule has 0 aromatic carbocycles. The van der Waals surface area contributed by atoms with Gasteiger partial charge in [0.05, 0.1) is 5.03 Å². The van der Waals surface area contributed by atoms with E-state index in [0.29, 0.717) is 0 Å². The highest BCUT2D eigenvalue weighted by Crippen LogP contribution is 2.13. The van der Waals surface area contributed by atoms with Crippen molar-refractivity contribution >= 4 is 18.4 Å². The van der Waals surface area contributed by atoms with Gasteiger partial charge < -0.3 is 10.2 Å². The van der Waals surface area contributed by atoms with Gasteiger partial charge in [-0.2, -0.15) is 0 Å². The summed E-state index contributed by atoms with van der Waals surface area (Å²) in [5, 5.41) is 4.10. The van der Waals surface area contributed by atoms with Gasteiger partial charge in [0.1, 0.15) is 5.82 Å². The van der Waals surface area contributed by atoms with E-state index in [9.17, 15) is 0 Å². The van der Waals surface area contributed by atoms with Gasteiger partial charge >= 0.3 is 0 Å². The SMILES string of the molecule is Sc1cccc(N2CCNCC2)n1. The van der Waals surface area contributed by atoms with Crippen LogP contribution in [0.1, 0.15) is 0 Å². The maximum Gasteiger partial charge on any atom is 0.129 e. The Kier molecular flexibility index (Phi) is 2.71. The van der Waals surface area contributed by atoms with Crippen molar-refractivity contribution < 1.29 is 0 Å². The summed E-state index contributed by atoms with van der Waals surface area (Å²) >= 11 is 4.22. The number of piperazine rings is 1. The van der Waals surface area contributed by atoms with Crippen LogP contribution in [0, 0.1) is 0 Å². The molecule has 0 radical (unpaired) electrons. The Bertz CT molecular complexity index is 284. The molecule has 4 heteroatoms. The van der Waals surface area contributed by atoms with Gasteiger partial charge in [0.25, 0.3) is 0 Å². The van der Waals surface area contributed by atoms with Gasteiger partial charge in [-0.1, -0.05) is 6.07 Å². The number of rotatable bonds is 1. The smallest absolute Gasteiger partial charge is 0.129 e. The highest BCUT2D eigenvalue weighted by molar-refractivity contribution is 7.80. The third-order valence-electron chi connectivity index (χ3n) is 2.16. The summed E-state index contributed by atoms with van der Waals surface area (Å²) in [5.74, 6) is 1.04. The summed E-state index contributed by atoms with van der Waals surface area (Å²) in [5.41, 5.74) is 0. The second-order valence-corrected chi connectivity index (χ2v) is 3.55. The summed E-state index contributed by atoms with van der Waals surface area (Å²) in [6.07, 6.45) is 0. The first kappa shape index (κ1) is 8.84. The van der Waals surface area contributed by atoms with Crippen molar-refractivity contribution in [3.8, 4) is 0 Å². The van der Waals surface area contributed by atoms with Crippen LogP contribution in [-0.2, 0) is 0 Å². The van der Waals surface area contributed by atoms with Crippen molar-refractivity contribution in [2.24, 2.45) is 0 Å². The van der Waals surface area contributed by atoms with Crippen LogP contribution in [0.15, 0.2) is 23.2 Å². The zero-order valence-electron chi connectivity index (χ0n) is 7.40. The van der Waals surface area contributed by atoms with Crippen LogP contribution < -0.4 is 10.2 Å². The molecule has 1 aromatic rings. The van der Waals surface area contributed by atoms with E-state index in [1.54, 1.807) is 0 Å². The van der Waals surface area contributed by atoms with Gasteiger partial charge in [0, 0.05) is 26.2 Å². The molecule has 0 unspecified atom stereocenters. The Balaban J connectivity index is 2.14. The maximum atomic E-state index is 4.36. The fourth-order valence-corrected chi connectivity index (χ4v) is 1.67. The van der Waals surface area contributed by atoms with Crippen molar-refractivity contribution in [1.82, 2.24) is 10.3 Å². The number of thiol groups is 1. The predicted molar refractivity (Wildman–Crippen MR) is 56.6 cm³/mol. The van der Waals surface area contributed by atoms with Crippen molar-refractivity contribution in [2.75, 3.05) is 31.1 Å². The van der Waals surface area contributed by atoms with E-state index >= 15 is 0 Å². The van der Waals surface area contributed by atoms with E-state index in [1.165, 1.54) is 0 Å². The highest BCUT2D eigenvalue weighted by atomic mass is 32.1. The third-order valence-corrected chi connectivity index (χ3v) is 2.41. The lowest BCUT2D eigenvalue weighted by atomic mass is 10.3. The van der Waals surface area contributed by atoms with Crippen molar-refractivity contribution in [2.45, 2.75) is 5.03 Å². The Morgan fingerprint density at radius 2 is 2.08 bits per heavy atom. The summed E-state index contributed by atoms with van der Waals surface area (Å²) in [6, 6.07) is 5.92. The molecule has 1 saturated heterocycles. The molecule has 1 fully saturated rings. The normalized spacial score (nSPS) is 17.5. The quantitative estimate of drug-likeness (QED) is 0.649. The third kappa shape index (κ3) is 2.14. The zero-order valence-corrected chi connectivity index (χ0v) is 8.30. The number of nitrogens with zero attached hydrogens (tertiary/aromatic N) is 2. The summed E-state index contributed by atoms with van der Waals surface area (Å²) < 4.78 is 0. The Morgan fingerprint density at radius 3 is 2.77 bits per heavy atom. The minimum atomic E-state index is 0.788. The topological polar surface area (TPSA) is 28.2 Å².